The quantitative estimate of drug-likeness (QED) is 0.577. The maximum Gasteiger partial charge on any atom is 0.339 e. The first-order chi connectivity index (χ1) is 12.0. The number of hydrogen-bond donors (Lipinski definition) is 1. The van der Waals surface area contributed by atoms with Gasteiger partial charge in [-0.1, -0.05) is 48.5 Å². The Bertz CT molecular complexity index is 916. The van der Waals surface area contributed by atoms with Gasteiger partial charge in [-0.3, -0.25) is 0 Å². The van der Waals surface area contributed by atoms with Crippen molar-refractivity contribution < 1.29 is 18.3 Å². The van der Waals surface area contributed by atoms with Gasteiger partial charge in [-0.25, -0.2) is 13.6 Å². The van der Waals surface area contributed by atoms with E-state index in [0.717, 1.165) is 21.5 Å². The molecule has 0 aliphatic heterocycles. The minimum absolute atomic E-state index is 0.105. The summed E-state index contributed by atoms with van der Waals surface area (Å²) in [6.07, 6.45) is 0. The lowest BCUT2D eigenvalue weighted by atomic mass is 9.97. The second kappa shape index (κ2) is 5.77. The lowest BCUT2D eigenvalue weighted by Gasteiger charge is -2.11. The third-order valence-electron chi connectivity index (χ3n) is 4.99. The Kier molecular flexibility index (Phi) is 3.69. The van der Waals surface area contributed by atoms with Gasteiger partial charge in [0.05, 0.1) is 11.5 Å². The van der Waals surface area contributed by atoms with Crippen molar-refractivity contribution in [3.8, 4) is 0 Å². The molecule has 0 saturated heterocycles. The van der Waals surface area contributed by atoms with Crippen LogP contribution in [0, 0.1) is 11.8 Å². The number of ether oxygens (including phenoxy) is 1. The lowest BCUT2D eigenvalue weighted by Crippen LogP contribution is -2.11. The van der Waals surface area contributed by atoms with E-state index < -0.39 is 23.7 Å². The molecule has 0 aromatic heterocycles. The predicted molar refractivity (Wildman–Crippen MR) is 92.7 cm³/mol. The zero-order valence-corrected chi connectivity index (χ0v) is 13.4. The van der Waals surface area contributed by atoms with E-state index in [0.29, 0.717) is 5.56 Å². The molecule has 2 atom stereocenters. The number of carbonyl (C=O) groups is 1. The van der Waals surface area contributed by atoms with E-state index in [-0.39, 0.29) is 13.2 Å². The van der Waals surface area contributed by atoms with Crippen molar-refractivity contribution in [2.45, 2.75) is 5.92 Å². The number of alkyl halides is 2. The molecule has 1 aliphatic carbocycles. The molecule has 0 spiro atoms. The molecule has 4 rings (SSSR count). The summed E-state index contributed by atoms with van der Waals surface area (Å²) in [5.74, 6) is -5.30. The summed E-state index contributed by atoms with van der Waals surface area (Å²) >= 11 is 0. The van der Waals surface area contributed by atoms with Gasteiger partial charge in [-0.2, -0.15) is 0 Å². The highest BCUT2D eigenvalue weighted by molar-refractivity contribution is 6.16. The van der Waals surface area contributed by atoms with Crippen molar-refractivity contribution in [2.75, 3.05) is 13.2 Å². The summed E-state index contributed by atoms with van der Waals surface area (Å²) in [4.78, 5) is 12.7. The van der Waals surface area contributed by atoms with E-state index in [1.165, 1.54) is 0 Å². The van der Waals surface area contributed by atoms with E-state index in [4.69, 9.17) is 10.5 Å². The molecule has 128 valence electrons. The van der Waals surface area contributed by atoms with Crippen LogP contribution in [-0.4, -0.2) is 25.0 Å². The number of carbonyl (C=O) groups excluding carboxylic acids is 1. The van der Waals surface area contributed by atoms with Gasteiger partial charge in [-0.15, -0.1) is 0 Å². The fraction of sp³-hybridized carbons (Fsp3) is 0.250. The number of fused-ring (bicyclic) bond motifs is 2. The largest absolute Gasteiger partial charge is 0.462 e. The maximum absolute atomic E-state index is 13.5. The molecule has 3 aromatic carbocycles. The topological polar surface area (TPSA) is 52.3 Å². The highest BCUT2D eigenvalue weighted by Gasteiger charge is 2.67. The first-order valence-electron chi connectivity index (χ1n) is 8.19. The van der Waals surface area contributed by atoms with Crippen LogP contribution in [0.1, 0.15) is 10.4 Å². The third kappa shape index (κ3) is 2.55. The first-order valence-corrected chi connectivity index (χ1v) is 8.19. The lowest BCUT2D eigenvalue weighted by molar-refractivity contribution is 0.0365. The van der Waals surface area contributed by atoms with Crippen LogP contribution in [0.15, 0.2) is 54.6 Å². The number of rotatable bonds is 4. The molecule has 3 aromatic rings. The zero-order valence-electron chi connectivity index (χ0n) is 13.4. The van der Waals surface area contributed by atoms with Crippen LogP contribution in [0.25, 0.3) is 21.5 Å². The fourth-order valence-electron chi connectivity index (χ4n) is 3.48. The SMILES string of the molecule is NC[C@@H]1[C@H](COC(=O)c2c3ccccc3cc3ccccc23)C1(F)F. The van der Waals surface area contributed by atoms with Gasteiger partial charge in [0.25, 0.3) is 5.92 Å². The Balaban J connectivity index is 1.70. The van der Waals surface area contributed by atoms with E-state index >= 15 is 0 Å². The highest BCUT2D eigenvalue weighted by Crippen LogP contribution is 2.54. The Morgan fingerprint density at radius 3 is 2.08 bits per heavy atom. The molecule has 0 amide bonds. The molecule has 5 heteroatoms. The summed E-state index contributed by atoms with van der Waals surface area (Å²) in [7, 11) is 0. The minimum atomic E-state index is -2.84. The average molecular weight is 341 g/mol. The smallest absolute Gasteiger partial charge is 0.339 e. The molecular formula is C20H17F2NO2. The Labute approximate surface area is 143 Å². The first kappa shape index (κ1) is 16.0. The van der Waals surface area contributed by atoms with Gasteiger partial charge >= 0.3 is 5.97 Å². The van der Waals surface area contributed by atoms with Crippen molar-refractivity contribution in [3.63, 3.8) is 0 Å². The Morgan fingerprint density at radius 1 is 1.00 bits per heavy atom. The molecule has 1 fully saturated rings. The number of hydrogen-bond acceptors (Lipinski definition) is 3. The molecule has 3 nitrogen and oxygen atoms in total. The molecular weight excluding hydrogens is 324 g/mol. The van der Waals surface area contributed by atoms with E-state index in [1.807, 2.05) is 54.6 Å². The fourth-order valence-corrected chi connectivity index (χ4v) is 3.48. The second-order valence-electron chi connectivity index (χ2n) is 6.42. The molecule has 0 bridgehead atoms. The van der Waals surface area contributed by atoms with Crippen molar-refractivity contribution in [3.05, 3.63) is 60.2 Å². The van der Waals surface area contributed by atoms with Crippen LogP contribution in [0.4, 0.5) is 8.78 Å². The normalized spacial score (nSPS) is 21.4. The number of halogens is 2. The monoisotopic (exact) mass is 341 g/mol. The van der Waals surface area contributed by atoms with Crippen LogP contribution >= 0.6 is 0 Å². The van der Waals surface area contributed by atoms with Crippen LogP contribution in [0.5, 0.6) is 0 Å². The average Bonchev–Trinajstić information content (AvgIpc) is 3.16. The van der Waals surface area contributed by atoms with Crippen LogP contribution in [-0.2, 0) is 4.74 Å². The standard InChI is InChI=1S/C20H17F2NO2/c21-20(22)16(10-23)17(20)11-25-19(24)18-14-7-3-1-5-12(14)9-13-6-2-4-8-15(13)18/h1-9,16-17H,10-11,23H2/t16-,17+/m1/s1. The van der Waals surface area contributed by atoms with Gasteiger partial charge in [-0.05, 0) is 27.6 Å². The second-order valence-corrected chi connectivity index (χ2v) is 6.42. The molecule has 1 aliphatic rings. The van der Waals surface area contributed by atoms with Crippen LogP contribution < -0.4 is 5.73 Å². The van der Waals surface area contributed by atoms with Gasteiger partial charge in [0.1, 0.15) is 6.61 Å². The Morgan fingerprint density at radius 2 is 1.56 bits per heavy atom. The molecule has 25 heavy (non-hydrogen) atoms. The van der Waals surface area contributed by atoms with Crippen molar-refractivity contribution in [1.82, 2.24) is 0 Å². The van der Waals surface area contributed by atoms with Crippen LogP contribution in [0.3, 0.4) is 0 Å². The van der Waals surface area contributed by atoms with Gasteiger partial charge in [0, 0.05) is 12.5 Å². The van der Waals surface area contributed by atoms with Gasteiger partial charge in [0.2, 0.25) is 0 Å². The summed E-state index contributed by atoms with van der Waals surface area (Å²) in [6.45, 7) is -0.419. The van der Waals surface area contributed by atoms with Crippen molar-refractivity contribution in [1.29, 1.82) is 0 Å². The summed E-state index contributed by atoms with van der Waals surface area (Å²) < 4.78 is 32.4. The predicted octanol–water partition coefficient (Wildman–Crippen LogP) is 3.99. The van der Waals surface area contributed by atoms with E-state index in [2.05, 4.69) is 0 Å². The van der Waals surface area contributed by atoms with Crippen LogP contribution in [0.2, 0.25) is 0 Å². The molecule has 0 unspecified atom stereocenters. The zero-order chi connectivity index (χ0) is 17.6. The highest BCUT2D eigenvalue weighted by atomic mass is 19.3. The number of nitrogens with two attached hydrogens (primary N) is 1. The van der Waals surface area contributed by atoms with Crippen molar-refractivity contribution >= 4 is 27.5 Å². The third-order valence-corrected chi connectivity index (χ3v) is 4.99. The molecule has 1 saturated carbocycles. The molecule has 0 radical (unpaired) electrons. The summed E-state index contributed by atoms with van der Waals surface area (Å²) in [6, 6.07) is 17.0. The van der Waals surface area contributed by atoms with E-state index in [1.54, 1.807) is 0 Å². The van der Waals surface area contributed by atoms with Crippen molar-refractivity contribution in [2.24, 2.45) is 17.6 Å². The Hall–Kier alpha value is -2.53. The van der Waals surface area contributed by atoms with Gasteiger partial charge < -0.3 is 10.5 Å². The molecule has 2 N–H and O–H groups in total. The minimum Gasteiger partial charge on any atom is -0.462 e. The number of esters is 1. The van der Waals surface area contributed by atoms with Gasteiger partial charge in [0.15, 0.2) is 0 Å². The van der Waals surface area contributed by atoms with E-state index in [9.17, 15) is 13.6 Å². The summed E-state index contributed by atoms with van der Waals surface area (Å²) in [5, 5.41) is 3.32. The maximum atomic E-state index is 13.5. The summed E-state index contributed by atoms with van der Waals surface area (Å²) in [5.41, 5.74) is 5.76. The number of benzene rings is 3. The molecule has 0 heterocycles.